The molecule has 2 aliphatic rings. The van der Waals surface area contributed by atoms with Gasteiger partial charge in [-0.2, -0.15) is 0 Å². The lowest BCUT2D eigenvalue weighted by molar-refractivity contribution is -0.123. The minimum atomic E-state index is -1.12. The van der Waals surface area contributed by atoms with Gasteiger partial charge in [-0.3, -0.25) is 9.69 Å². The second-order valence-electron chi connectivity index (χ2n) is 7.48. The Kier molecular flexibility index (Phi) is 4.90. The van der Waals surface area contributed by atoms with Crippen LogP contribution in [0.1, 0.15) is 11.1 Å². The van der Waals surface area contributed by atoms with Crippen LogP contribution in [0.2, 0.25) is 0 Å². The predicted molar refractivity (Wildman–Crippen MR) is 120 cm³/mol. The van der Waals surface area contributed by atoms with E-state index in [0.29, 0.717) is 24.5 Å². The van der Waals surface area contributed by atoms with Crippen LogP contribution < -0.4 is 10.2 Å². The number of urea groups is 1. The molecule has 3 amide bonds. The number of anilines is 2. The first-order valence-electron chi connectivity index (χ1n) is 10.0. The number of amides is 3. The maximum absolute atomic E-state index is 13.8. The van der Waals surface area contributed by atoms with Gasteiger partial charge in [0, 0.05) is 23.5 Å². The SMILES string of the molecule is O=C(Nc1cccc(F)c1)N1CCSC12C(=O)N(Cc1ccccc1)c1ccccc12. The Morgan fingerprint density at radius 3 is 2.61 bits per heavy atom. The van der Waals surface area contributed by atoms with Gasteiger partial charge in [-0.15, -0.1) is 11.8 Å². The highest BCUT2D eigenvalue weighted by molar-refractivity contribution is 8.01. The third kappa shape index (κ3) is 3.25. The quantitative estimate of drug-likeness (QED) is 0.645. The number of rotatable bonds is 3. The third-order valence-electron chi connectivity index (χ3n) is 5.61. The Hall–Kier alpha value is -3.32. The zero-order valence-electron chi connectivity index (χ0n) is 16.6. The van der Waals surface area contributed by atoms with Crippen LogP contribution >= 0.6 is 11.8 Å². The summed E-state index contributed by atoms with van der Waals surface area (Å²) in [5.41, 5.74) is 3.00. The smallest absolute Gasteiger partial charge is 0.308 e. The van der Waals surface area contributed by atoms with Gasteiger partial charge in [0.05, 0.1) is 12.2 Å². The van der Waals surface area contributed by atoms with E-state index < -0.39 is 16.7 Å². The van der Waals surface area contributed by atoms with E-state index in [9.17, 15) is 14.0 Å². The summed E-state index contributed by atoms with van der Waals surface area (Å²) >= 11 is 1.47. The number of halogens is 1. The average Bonchev–Trinajstić information content (AvgIpc) is 3.32. The number of carbonyl (C=O) groups excluding carboxylic acids is 2. The zero-order valence-corrected chi connectivity index (χ0v) is 17.4. The number of hydrogen-bond acceptors (Lipinski definition) is 3. The minimum Gasteiger partial charge on any atom is -0.308 e. The van der Waals surface area contributed by atoms with Crippen LogP contribution in [0.3, 0.4) is 0 Å². The van der Waals surface area contributed by atoms with Gasteiger partial charge in [0.1, 0.15) is 5.82 Å². The van der Waals surface area contributed by atoms with Crippen LogP contribution in [0, 0.1) is 5.82 Å². The van der Waals surface area contributed by atoms with Gasteiger partial charge >= 0.3 is 6.03 Å². The maximum Gasteiger partial charge on any atom is 0.323 e. The molecule has 3 aromatic rings. The Bertz CT molecular complexity index is 1160. The van der Waals surface area contributed by atoms with Gasteiger partial charge < -0.3 is 10.2 Å². The average molecular weight is 434 g/mol. The molecule has 1 atom stereocenters. The first-order valence-corrected chi connectivity index (χ1v) is 11.0. The van der Waals surface area contributed by atoms with Crippen molar-refractivity contribution in [3.63, 3.8) is 0 Å². The molecule has 31 heavy (non-hydrogen) atoms. The normalized spacial score (nSPS) is 19.7. The molecule has 5 nitrogen and oxygen atoms in total. The van der Waals surface area contributed by atoms with Crippen molar-refractivity contribution < 1.29 is 14.0 Å². The van der Waals surface area contributed by atoms with Crippen LogP contribution in [0.4, 0.5) is 20.6 Å². The number of carbonyl (C=O) groups is 2. The van der Waals surface area contributed by atoms with E-state index in [1.807, 2.05) is 54.6 Å². The van der Waals surface area contributed by atoms with E-state index in [-0.39, 0.29) is 5.91 Å². The number of thioether (sulfide) groups is 1. The summed E-state index contributed by atoms with van der Waals surface area (Å²) in [5, 5.41) is 2.75. The number of fused-ring (bicyclic) bond motifs is 2. The number of para-hydroxylation sites is 1. The molecule has 1 saturated heterocycles. The lowest BCUT2D eigenvalue weighted by atomic mass is 10.1. The molecule has 7 heteroatoms. The number of benzene rings is 3. The Morgan fingerprint density at radius 1 is 1.03 bits per heavy atom. The highest BCUT2D eigenvalue weighted by Gasteiger charge is 2.59. The van der Waals surface area contributed by atoms with Gasteiger partial charge in [0.2, 0.25) is 0 Å². The van der Waals surface area contributed by atoms with Gasteiger partial charge in [0.25, 0.3) is 5.91 Å². The van der Waals surface area contributed by atoms with Gasteiger partial charge in [-0.05, 0) is 29.8 Å². The van der Waals surface area contributed by atoms with Crippen molar-refractivity contribution in [1.82, 2.24) is 4.90 Å². The number of hydrogen-bond donors (Lipinski definition) is 1. The zero-order chi connectivity index (χ0) is 21.4. The topological polar surface area (TPSA) is 52.7 Å². The van der Waals surface area contributed by atoms with Crippen molar-refractivity contribution in [2.45, 2.75) is 11.4 Å². The van der Waals surface area contributed by atoms with E-state index in [2.05, 4.69) is 5.32 Å². The lowest BCUT2D eigenvalue weighted by Gasteiger charge is -2.33. The van der Waals surface area contributed by atoms with Crippen molar-refractivity contribution in [2.24, 2.45) is 0 Å². The first-order chi connectivity index (χ1) is 15.1. The van der Waals surface area contributed by atoms with Crippen molar-refractivity contribution in [3.05, 3.63) is 95.8 Å². The molecule has 0 bridgehead atoms. The van der Waals surface area contributed by atoms with E-state index in [1.165, 1.54) is 30.0 Å². The molecule has 2 aliphatic heterocycles. The molecule has 1 spiro atoms. The molecule has 2 heterocycles. The highest BCUT2D eigenvalue weighted by atomic mass is 32.2. The van der Waals surface area contributed by atoms with Crippen LogP contribution in [0.15, 0.2) is 78.9 Å². The molecule has 0 aliphatic carbocycles. The van der Waals surface area contributed by atoms with E-state index >= 15 is 0 Å². The molecule has 0 aromatic heterocycles. The predicted octanol–water partition coefficient (Wildman–Crippen LogP) is 4.81. The number of nitrogens with zero attached hydrogens (tertiary/aromatic N) is 2. The van der Waals surface area contributed by atoms with Gasteiger partial charge in [-0.1, -0.05) is 54.6 Å². The van der Waals surface area contributed by atoms with Gasteiger partial charge in [-0.25, -0.2) is 9.18 Å². The summed E-state index contributed by atoms with van der Waals surface area (Å²) in [6.45, 7) is 0.851. The van der Waals surface area contributed by atoms with Gasteiger partial charge in [0.15, 0.2) is 4.87 Å². The molecule has 5 rings (SSSR count). The first kappa shape index (κ1) is 19.6. The molecule has 0 radical (unpaired) electrons. The van der Waals surface area contributed by atoms with E-state index in [1.54, 1.807) is 15.9 Å². The second kappa shape index (κ2) is 7.74. The number of nitrogens with one attached hydrogen (secondary N) is 1. The lowest BCUT2D eigenvalue weighted by Crippen LogP contribution is -2.51. The standard InChI is InChI=1S/C24H20FN3O2S/c25-18-9-6-10-19(15-18)26-23(30)28-13-14-31-24(28)20-11-4-5-12-21(20)27(22(24)29)16-17-7-2-1-3-8-17/h1-12,15H,13-14,16H2,(H,26,30). The molecule has 1 fully saturated rings. The largest absolute Gasteiger partial charge is 0.323 e. The summed E-state index contributed by atoms with van der Waals surface area (Å²) in [6.07, 6.45) is 0. The van der Waals surface area contributed by atoms with Crippen LogP contribution in [0.25, 0.3) is 0 Å². The van der Waals surface area contributed by atoms with Crippen molar-refractivity contribution in [2.75, 3.05) is 22.5 Å². The molecule has 156 valence electrons. The fourth-order valence-corrected chi connectivity index (χ4v) is 5.71. The van der Waals surface area contributed by atoms with Crippen LogP contribution in [-0.2, 0) is 16.2 Å². The molecule has 1 N–H and O–H groups in total. The van der Waals surface area contributed by atoms with Crippen molar-refractivity contribution in [3.8, 4) is 0 Å². The van der Waals surface area contributed by atoms with Crippen LogP contribution in [-0.4, -0.2) is 29.1 Å². The highest BCUT2D eigenvalue weighted by Crippen LogP contribution is 2.54. The van der Waals surface area contributed by atoms with Crippen molar-refractivity contribution in [1.29, 1.82) is 0 Å². The Balaban J connectivity index is 1.51. The summed E-state index contributed by atoms with van der Waals surface area (Å²) < 4.78 is 13.6. The monoisotopic (exact) mass is 433 g/mol. The molecule has 0 saturated carbocycles. The Labute approximate surface area is 183 Å². The second-order valence-corrected chi connectivity index (χ2v) is 8.77. The summed E-state index contributed by atoms with van der Waals surface area (Å²) in [7, 11) is 0. The maximum atomic E-state index is 13.8. The van der Waals surface area contributed by atoms with E-state index in [0.717, 1.165) is 16.8 Å². The van der Waals surface area contributed by atoms with E-state index in [4.69, 9.17) is 0 Å². The third-order valence-corrected chi connectivity index (χ3v) is 7.02. The van der Waals surface area contributed by atoms with Crippen LogP contribution in [0.5, 0.6) is 0 Å². The molecular weight excluding hydrogens is 413 g/mol. The summed E-state index contributed by atoms with van der Waals surface area (Å²) in [6, 6.07) is 22.8. The molecule has 1 unspecified atom stereocenters. The summed E-state index contributed by atoms with van der Waals surface area (Å²) in [4.78, 5) is 29.3. The van der Waals surface area contributed by atoms with Crippen molar-refractivity contribution >= 4 is 35.1 Å². The fourth-order valence-electron chi connectivity index (χ4n) is 4.25. The fraction of sp³-hybridized carbons (Fsp3) is 0.167. The summed E-state index contributed by atoms with van der Waals surface area (Å²) in [5.74, 6) is 0.0737. The Morgan fingerprint density at radius 2 is 1.81 bits per heavy atom. The molecule has 3 aromatic carbocycles. The molecular formula is C24H20FN3O2S. The minimum absolute atomic E-state index is 0.130.